The first-order valence-electron chi connectivity index (χ1n) is 8.75. The Bertz CT molecular complexity index is 1080. The Balaban J connectivity index is 1.73. The molecule has 0 bridgehead atoms. The summed E-state index contributed by atoms with van der Waals surface area (Å²) in [5.41, 5.74) is -0.0185. The molecule has 3 aromatic rings. The number of benzene rings is 2. The van der Waals surface area contributed by atoms with Crippen molar-refractivity contribution in [2.45, 2.75) is 12.6 Å². The lowest BCUT2D eigenvalue weighted by molar-refractivity contribution is -0.141. The van der Waals surface area contributed by atoms with E-state index in [-0.39, 0.29) is 24.4 Å². The molecule has 0 aliphatic carbocycles. The summed E-state index contributed by atoms with van der Waals surface area (Å²) in [5, 5.41) is 12.1. The zero-order chi connectivity index (χ0) is 20.8. The number of rotatable bonds is 8. The maximum atomic E-state index is 12.5. The van der Waals surface area contributed by atoms with E-state index in [0.29, 0.717) is 11.1 Å². The first-order valence-corrected chi connectivity index (χ1v) is 8.75. The Morgan fingerprint density at radius 1 is 1.14 bits per heavy atom. The monoisotopic (exact) mass is 397 g/mol. The number of carbonyl (C=O) groups is 2. The van der Waals surface area contributed by atoms with Crippen LogP contribution in [0.1, 0.15) is 15.9 Å². The smallest absolute Gasteiger partial charge is 0.349 e. The second-order valence-corrected chi connectivity index (χ2v) is 6.22. The van der Waals surface area contributed by atoms with Crippen molar-refractivity contribution in [3.63, 3.8) is 0 Å². The number of methoxy groups -OCH3 is 1. The SMILES string of the molecule is COc1ccc2oc(=O)c(C(=O)N[C@@H](COCc3ccccc3)C(=O)O)cc2c1. The van der Waals surface area contributed by atoms with Crippen molar-refractivity contribution in [2.75, 3.05) is 13.7 Å². The standard InChI is InChI=1S/C21H19NO7/c1-27-15-7-8-18-14(9-15)10-16(21(26)29-18)19(23)22-17(20(24)25)12-28-11-13-5-3-2-4-6-13/h2-10,17H,11-12H2,1H3,(H,22,23)(H,24,25)/t17-/m0/s1. The van der Waals surface area contributed by atoms with Gasteiger partial charge >= 0.3 is 11.6 Å². The Hall–Kier alpha value is -3.65. The van der Waals surface area contributed by atoms with Gasteiger partial charge in [-0.05, 0) is 29.8 Å². The number of aliphatic carboxylic acids is 1. The number of nitrogens with one attached hydrogen (secondary N) is 1. The molecule has 0 saturated carbocycles. The first-order chi connectivity index (χ1) is 14.0. The van der Waals surface area contributed by atoms with Crippen molar-refractivity contribution in [1.82, 2.24) is 5.32 Å². The first kappa shape index (κ1) is 20.1. The highest BCUT2D eigenvalue weighted by atomic mass is 16.5. The molecular weight excluding hydrogens is 378 g/mol. The van der Waals surface area contributed by atoms with Crippen molar-refractivity contribution >= 4 is 22.8 Å². The van der Waals surface area contributed by atoms with Crippen molar-refractivity contribution in [1.29, 1.82) is 0 Å². The van der Waals surface area contributed by atoms with Crippen LogP contribution in [0, 0.1) is 0 Å². The summed E-state index contributed by atoms with van der Waals surface area (Å²) in [6.07, 6.45) is 0. The highest BCUT2D eigenvalue weighted by Gasteiger charge is 2.23. The normalized spacial score (nSPS) is 11.8. The molecule has 29 heavy (non-hydrogen) atoms. The maximum absolute atomic E-state index is 12.5. The molecule has 8 heteroatoms. The summed E-state index contributed by atoms with van der Waals surface area (Å²) in [7, 11) is 1.49. The third kappa shape index (κ3) is 4.99. The number of ether oxygens (including phenoxy) is 2. The van der Waals surface area contributed by atoms with E-state index in [9.17, 15) is 19.5 Å². The lowest BCUT2D eigenvalue weighted by Gasteiger charge is -2.15. The fourth-order valence-corrected chi connectivity index (χ4v) is 2.67. The quantitative estimate of drug-likeness (QED) is 0.560. The van der Waals surface area contributed by atoms with Crippen LogP contribution < -0.4 is 15.7 Å². The zero-order valence-electron chi connectivity index (χ0n) is 15.6. The van der Waals surface area contributed by atoms with Crippen LogP contribution in [-0.2, 0) is 16.1 Å². The number of hydrogen-bond acceptors (Lipinski definition) is 6. The van der Waals surface area contributed by atoms with Crippen LogP contribution in [0.5, 0.6) is 5.75 Å². The van der Waals surface area contributed by atoms with Crippen LogP contribution in [0.2, 0.25) is 0 Å². The van der Waals surface area contributed by atoms with E-state index < -0.39 is 23.5 Å². The van der Waals surface area contributed by atoms with Crippen LogP contribution in [-0.4, -0.2) is 36.7 Å². The second-order valence-electron chi connectivity index (χ2n) is 6.22. The topological polar surface area (TPSA) is 115 Å². The lowest BCUT2D eigenvalue weighted by atomic mass is 10.1. The van der Waals surface area contributed by atoms with E-state index >= 15 is 0 Å². The predicted octanol–water partition coefficient (Wildman–Crippen LogP) is 2.20. The van der Waals surface area contributed by atoms with Gasteiger partial charge in [0.25, 0.3) is 5.91 Å². The van der Waals surface area contributed by atoms with Crippen molar-refractivity contribution in [2.24, 2.45) is 0 Å². The van der Waals surface area contributed by atoms with Gasteiger partial charge < -0.3 is 24.3 Å². The number of carbonyl (C=O) groups excluding carboxylic acids is 1. The average molecular weight is 397 g/mol. The van der Waals surface area contributed by atoms with Crippen molar-refractivity contribution in [3.05, 3.63) is 76.1 Å². The molecule has 8 nitrogen and oxygen atoms in total. The minimum Gasteiger partial charge on any atom is -0.497 e. The van der Waals surface area contributed by atoms with E-state index in [1.54, 1.807) is 18.2 Å². The Morgan fingerprint density at radius 2 is 1.90 bits per heavy atom. The molecule has 0 saturated heterocycles. The molecule has 3 rings (SSSR count). The van der Waals surface area contributed by atoms with Gasteiger partial charge in [-0.15, -0.1) is 0 Å². The van der Waals surface area contributed by atoms with Gasteiger partial charge in [-0.25, -0.2) is 9.59 Å². The Kier molecular flexibility index (Phi) is 6.25. The van der Waals surface area contributed by atoms with Crippen LogP contribution in [0.4, 0.5) is 0 Å². The van der Waals surface area contributed by atoms with E-state index in [1.807, 2.05) is 30.3 Å². The number of carboxylic acid groups (broad SMARTS) is 1. The number of carboxylic acids is 1. The third-order valence-corrected chi connectivity index (χ3v) is 4.18. The van der Waals surface area contributed by atoms with Crippen molar-refractivity contribution < 1.29 is 28.6 Å². The van der Waals surface area contributed by atoms with Crippen LogP contribution in [0.25, 0.3) is 11.0 Å². The molecule has 0 radical (unpaired) electrons. The molecule has 0 aliphatic heterocycles. The van der Waals surface area contributed by atoms with Gasteiger partial charge in [0, 0.05) is 5.39 Å². The van der Waals surface area contributed by atoms with Gasteiger partial charge in [0.1, 0.15) is 16.9 Å². The highest BCUT2D eigenvalue weighted by Crippen LogP contribution is 2.20. The number of hydrogen-bond donors (Lipinski definition) is 2. The summed E-state index contributed by atoms with van der Waals surface area (Å²) in [6, 6.07) is 14.0. The summed E-state index contributed by atoms with van der Waals surface area (Å²) in [5.74, 6) is -1.62. The van der Waals surface area contributed by atoms with Gasteiger partial charge in [0.15, 0.2) is 6.04 Å². The van der Waals surface area contributed by atoms with Crippen LogP contribution in [0.15, 0.2) is 63.8 Å². The number of fused-ring (bicyclic) bond motifs is 1. The molecule has 0 spiro atoms. The lowest BCUT2D eigenvalue weighted by Crippen LogP contribution is -2.45. The van der Waals surface area contributed by atoms with Gasteiger partial charge in [-0.1, -0.05) is 30.3 Å². The predicted molar refractivity (Wildman–Crippen MR) is 104 cm³/mol. The largest absolute Gasteiger partial charge is 0.497 e. The molecule has 0 unspecified atom stereocenters. The minimum absolute atomic E-state index is 0.193. The Morgan fingerprint density at radius 3 is 2.59 bits per heavy atom. The molecule has 0 fully saturated rings. The molecule has 1 atom stereocenters. The molecular formula is C21H19NO7. The zero-order valence-corrected chi connectivity index (χ0v) is 15.6. The maximum Gasteiger partial charge on any atom is 0.349 e. The van der Waals surface area contributed by atoms with Gasteiger partial charge in [-0.3, -0.25) is 4.79 Å². The average Bonchev–Trinajstić information content (AvgIpc) is 2.72. The number of amides is 1. The van der Waals surface area contributed by atoms with Crippen LogP contribution in [0.3, 0.4) is 0 Å². The molecule has 1 aromatic heterocycles. The summed E-state index contributed by atoms with van der Waals surface area (Å²) in [4.78, 5) is 36.1. The van der Waals surface area contributed by atoms with Gasteiger partial charge in [-0.2, -0.15) is 0 Å². The van der Waals surface area contributed by atoms with E-state index in [1.165, 1.54) is 13.2 Å². The minimum atomic E-state index is -1.33. The van der Waals surface area contributed by atoms with Crippen LogP contribution >= 0.6 is 0 Å². The van der Waals surface area contributed by atoms with E-state index in [0.717, 1.165) is 5.56 Å². The Labute approximate surface area is 165 Å². The summed E-state index contributed by atoms with van der Waals surface area (Å²) >= 11 is 0. The second kappa shape index (κ2) is 9.03. The van der Waals surface area contributed by atoms with Crippen molar-refractivity contribution in [3.8, 4) is 5.75 Å². The van der Waals surface area contributed by atoms with Gasteiger partial charge in [0.2, 0.25) is 0 Å². The van der Waals surface area contributed by atoms with Gasteiger partial charge in [0.05, 0.1) is 20.3 Å². The summed E-state index contributed by atoms with van der Waals surface area (Å²) < 4.78 is 15.7. The molecule has 2 N–H and O–H groups in total. The third-order valence-electron chi connectivity index (χ3n) is 4.18. The molecule has 2 aromatic carbocycles. The molecule has 1 amide bonds. The summed E-state index contributed by atoms with van der Waals surface area (Å²) in [6.45, 7) is -0.0683. The van der Waals surface area contributed by atoms with E-state index in [4.69, 9.17) is 13.9 Å². The fourth-order valence-electron chi connectivity index (χ4n) is 2.67. The molecule has 150 valence electrons. The molecule has 1 heterocycles. The fraction of sp³-hybridized carbons (Fsp3) is 0.190. The highest BCUT2D eigenvalue weighted by molar-refractivity contribution is 5.98. The molecule has 0 aliphatic rings. The van der Waals surface area contributed by atoms with E-state index in [2.05, 4.69) is 5.32 Å².